The second kappa shape index (κ2) is 10.9. The Kier molecular flexibility index (Phi) is 7.30. The molecular formula is C29H27F2N3O2. The van der Waals surface area contributed by atoms with E-state index in [-0.39, 0.29) is 17.5 Å². The van der Waals surface area contributed by atoms with Crippen LogP contribution in [-0.4, -0.2) is 60.0 Å². The standard InChI is InChI=1S/C29H27F2N3O2/c30-25-9-5-21(6-10-25)28(22-7-11-26(31)12-8-22)36-18-17-33-13-15-34(16-14-33)29(35)24-19-23-3-1-2-4-27(23)32-20-24/h1-12,19-20,28H,13-18H2. The van der Waals surface area contributed by atoms with E-state index in [1.807, 2.05) is 35.2 Å². The van der Waals surface area contributed by atoms with Crippen molar-refractivity contribution in [3.8, 4) is 0 Å². The molecule has 0 N–H and O–H groups in total. The van der Waals surface area contributed by atoms with Gasteiger partial charge in [-0.3, -0.25) is 14.7 Å². The zero-order valence-corrected chi connectivity index (χ0v) is 19.8. The Bertz CT molecular complexity index is 1280. The zero-order valence-electron chi connectivity index (χ0n) is 19.8. The quantitative estimate of drug-likeness (QED) is 0.365. The fraction of sp³-hybridized carbons (Fsp3) is 0.241. The number of pyridine rings is 1. The molecule has 2 heterocycles. The van der Waals surface area contributed by atoms with Gasteiger partial charge in [0.2, 0.25) is 0 Å². The van der Waals surface area contributed by atoms with Crippen LogP contribution in [0.4, 0.5) is 8.78 Å². The summed E-state index contributed by atoms with van der Waals surface area (Å²) in [6.45, 7) is 3.89. The van der Waals surface area contributed by atoms with Crippen LogP contribution in [0, 0.1) is 11.6 Å². The number of hydrogen-bond acceptors (Lipinski definition) is 4. The summed E-state index contributed by atoms with van der Waals surface area (Å²) in [6, 6.07) is 22.0. The topological polar surface area (TPSA) is 45.7 Å². The van der Waals surface area contributed by atoms with Crippen molar-refractivity contribution in [2.45, 2.75) is 6.10 Å². The molecule has 184 valence electrons. The monoisotopic (exact) mass is 487 g/mol. The minimum absolute atomic E-state index is 0.00293. The molecule has 1 aromatic heterocycles. The summed E-state index contributed by atoms with van der Waals surface area (Å²) in [5, 5.41) is 0.955. The molecule has 0 saturated carbocycles. The summed E-state index contributed by atoms with van der Waals surface area (Å²) in [4.78, 5) is 21.5. The number of benzene rings is 3. The molecule has 5 nitrogen and oxygen atoms in total. The van der Waals surface area contributed by atoms with Crippen LogP contribution in [0.25, 0.3) is 10.9 Å². The fourth-order valence-electron chi connectivity index (χ4n) is 4.50. The lowest BCUT2D eigenvalue weighted by atomic mass is 10.0. The van der Waals surface area contributed by atoms with E-state index >= 15 is 0 Å². The first kappa shape index (κ1) is 24.0. The number of fused-ring (bicyclic) bond motifs is 1. The van der Waals surface area contributed by atoms with E-state index in [0.29, 0.717) is 31.8 Å². The van der Waals surface area contributed by atoms with Crippen molar-refractivity contribution < 1.29 is 18.3 Å². The Morgan fingerprint density at radius 2 is 1.47 bits per heavy atom. The number of ether oxygens (including phenoxy) is 1. The number of aromatic nitrogens is 1. The first-order chi connectivity index (χ1) is 17.6. The average Bonchev–Trinajstić information content (AvgIpc) is 2.92. The number of amides is 1. The highest BCUT2D eigenvalue weighted by molar-refractivity contribution is 5.97. The normalized spacial score (nSPS) is 14.5. The number of nitrogens with zero attached hydrogens (tertiary/aromatic N) is 3. The van der Waals surface area contributed by atoms with E-state index in [4.69, 9.17) is 4.74 Å². The molecular weight excluding hydrogens is 460 g/mol. The van der Waals surface area contributed by atoms with Gasteiger partial charge in [0.15, 0.2) is 0 Å². The SMILES string of the molecule is O=C(c1cnc2ccccc2c1)N1CCN(CCOC(c2ccc(F)cc2)c2ccc(F)cc2)CC1. The smallest absolute Gasteiger partial charge is 0.255 e. The van der Waals surface area contributed by atoms with Crippen LogP contribution in [0.2, 0.25) is 0 Å². The molecule has 5 rings (SSSR count). The Balaban J connectivity index is 1.16. The highest BCUT2D eigenvalue weighted by atomic mass is 19.1. The van der Waals surface area contributed by atoms with Gasteiger partial charge >= 0.3 is 0 Å². The number of para-hydroxylation sites is 1. The lowest BCUT2D eigenvalue weighted by molar-refractivity contribution is 0.0408. The van der Waals surface area contributed by atoms with Crippen molar-refractivity contribution in [1.29, 1.82) is 0 Å². The third-order valence-corrected chi connectivity index (χ3v) is 6.53. The van der Waals surface area contributed by atoms with Crippen molar-refractivity contribution in [2.75, 3.05) is 39.3 Å². The third kappa shape index (κ3) is 5.58. The average molecular weight is 488 g/mol. The van der Waals surface area contributed by atoms with Gasteiger partial charge in [0.1, 0.15) is 17.7 Å². The van der Waals surface area contributed by atoms with Crippen LogP contribution in [-0.2, 0) is 4.74 Å². The lowest BCUT2D eigenvalue weighted by Crippen LogP contribution is -2.49. The maximum absolute atomic E-state index is 13.4. The largest absolute Gasteiger partial charge is 0.367 e. The van der Waals surface area contributed by atoms with Crippen molar-refractivity contribution in [3.63, 3.8) is 0 Å². The number of hydrogen-bond donors (Lipinski definition) is 0. The van der Waals surface area contributed by atoms with Gasteiger partial charge in [-0.1, -0.05) is 42.5 Å². The Morgan fingerprint density at radius 3 is 2.11 bits per heavy atom. The van der Waals surface area contributed by atoms with Crippen LogP contribution in [0.1, 0.15) is 27.6 Å². The molecule has 1 fully saturated rings. The van der Waals surface area contributed by atoms with E-state index < -0.39 is 6.10 Å². The van der Waals surface area contributed by atoms with Gasteiger partial charge in [-0.25, -0.2) is 8.78 Å². The summed E-state index contributed by atoms with van der Waals surface area (Å²) >= 11 is 0. The maximum Gasteiger partial charge on any atom is 0.255 e. The number of piperazine rings is 1. The van der Waals surface area contributed by atoms with Crippen molar-refractivity contribution in [2.24, 2.45) is 0 Å². The maximum atomic E-state index is 13.4. The third-order valence-electron chi connectivity index (χ3n) is 6.53. The second-order valence-electron chi connectivity index (χ2n) is 8.90. The molecule has 0 spiro atoms. The van der Waals surface area contributed by atoms with Gasteiger partial charge in [-0.2, -0.15) is 0 Å². The van der Waals surface area contributed by atoms with Gasteiger partial charge in [0.05, 0.1) is 17.7 Å². The molecule has 1 aliphatic heterocycles. The first-order valence-electron chi connectivity index (χ1n) is 12.1. The van der Waals surface area contributed by atoms with Crippen LogP contribution < -0.4 is 0 Å². The predicted octanol–water partition coefficient (Wildman–Crippen LogP) is 5.08. The summed E-state index contributed by atoms with van der Waals surface area (Å²) in [5.41, 5.74) is 3.09. The van der Waals surface area contributed by atoms with E-state index in [0.717, 1.165) is 35.1 Å². The minimum Gasteiger partial charge on any atom is -0.367 e. The Labute approximate surface area is 208 Å². The molecule has 0 atom stereocenters. The number of rotatable bonds is 7. The van der Waals surface area contributed by atoms with Crippen molar-refractivity contribution in [1.82, 2.24) is 14.8 Å². The Morgan fingerprint density at radius 1 is 0.861 bits per heavy atom. The zero-order chi connectivity index (χ0) is 24.9. The van der Waals surface area contributed by atoms with E-state index in [1.165, 1.54) is 24.3 Å². The van der Waals surface area contributed by atoms with E-state index in [9.17, 15) is 13.6 Å². The highest BCUT2D eigenvalue weighted by Crippen LogP contribution is 2.26. The summed E-state index contributed by atoms with van der Waals surface area (Å²) in [6.07, 6.45) is 1.23. The predicted molar refractivity (Wildman–Crippen MR) is 135 cm³/mol. The number of carbonyl (C=O) groups is 1. The minimum atomic E-state index is -0.422. The van der Waals surface area contributed by atoms with Gasteiger partial charge in [0, 0.05) is 44.3 Å². The van der Waals surface area contributed by atoms with Crippen LogP contribution in [0.15, 0.2) is 85.1 Å². The van der Waals surface area contributed by atoms with Crippen LogP contribution in [0.5, 0.6) is 0 Å². The summed E-state index contributed by atoms with van der Waals surface area (Å²) in [5.74, 6) is -0.635. The van der Waals surface area contributed by atoms with Gasteiger partial charge in [-0.15, -0.1) is 0 Å². The van der Waals surface area contributed by atoms with Crippen molar-refractivity contribution in [3.05, 3.63) is 113 Å². The summed E-state index contributed by atoms with van der Waals surface area (Å²) < 4.78 is 33.1. The molecule has 4 aromatic rings. The lowest BCUT2D eigenvalue weighted by Gasteiger charge is -2.35. The molecule has 1 amide bonds. The molecule has 3 aromatic carbocycles. The van der Waals surface area contributed by atoms with E-state index in [2.05, 4.69) is 9.88 Å². The van der Waals surface area contributed by atoms with Crippen LogP contribution in [0.3, 0.4) is 0 Å². The molecule has 0 aliphatic carbocycles. The second-order valence-corrected chi connectivity index (χ2v) is 8.90. The van der Waals surface area contributed by atoms with Gasteiger partial charge in [0.25, 0.3) is 5.91 Å². The highest BCUT2D eigenvalue weighted by Gasteiger charge is 2.23. The first-order valence-corrected chi connectivity index (χ1v) is 12.1. The molecule has 7 heteroatoms. The van der Waals surface area contributed by atoms with Gasteiger partial charge < -0.3 is 9.64 Å². The summed E-state index contributed by atoms with van der Waals surface area (Å²) in [7, 11) is 0. The van der Waals surface area contributed by atoms with Crippen LogP contribution >= 0.6 is 0 Å². The van der Waals surface area contributed by atoms with Gasteiger partial charge in [-0.05, 0) is 47.5 Å². The molecule has 1 saturated heterocycles. The molecule has 0 radical (unpaired) electrons. The molecule has 1 aliphatic rings. The fourth-order valence-corrected chi connectivity index (χ4v) is 4.50. The molecule has 0 unspecified atom stereocenters. The number of halogens is 2. The number of carbonyl (C=O) groups excluding carboxylic acids is 1. The molecule has 0 bridgehead atoms. The Hall–Kier alpha value is -3.68. The van der Waals surface area contributed by atoms with E-state index in [1.54, 1.807) is 30.5 Å². The molecule has 36 heavy (non-hydrogen) atoms. The van der Waals surface area contributed by atoms with Crippen molar-refractivity contribution >= 4 is 16.8 Å².